The number of aryl methyl sites for hydroxylation is 1. The number of amides is 1. The number of thiophene rings is 1. The van der Waals surface area contributed by atoms with E-state index in [0.717, 1.165) is 32.7 Å². The summed E-state index contributed by atoms with van der Waals surface area (Å²) < 4.78 is 2.71. The smallest absolute Gasteiger partial charge is 0.246 e. The van der Waals surface area contributed by atoms with E-state index in [1.807, 2.05) is 28.6 Å². The third-order valence-corrected chi connectivity index (χ3v) is 6.79. The Kier molecular flexibility index (Phi) is 5.71. The zero-order valence-corrected chi connectivity index (χ0v) is 19.0. The quantitative estimate of drug-likeness (QED) is 0.523. The van der Waals surface area contributed by atoms with Crippen molar-refractivity contribution in [2.45, 2.75) is 25.9 Å². The Morgan fingerprint density at radius 3 is 2.80 bits per heavy atom. The Balaban J connectivity index is 1.87. The second-order valence-corrected chi connectivity index (χ2v) is 9.38. The summed E-state index contributed by atoms with van der Waals surface area (Å²) in [6, 6.07) is 10.5. The number of hydrogen-bond acceptors (Lipinski definition) is 4. The summed E-state index contributed by atoms with van der Waals surface area (Å²) >= 11 is 7.94. The lowest BCUT2D eigenvalue weighted by Crippen LogP contribution is -2.37. The van der Waals surface area contributed by atoms with Crippen LogP contribution < -0.4 is 4.90 Å². The van der Waals surface area contributed by atoms with E-state index >= 15 is 0 Å². The van der Waals surface area contributed by atoms with Crippen molar-refractivity contribution in [1.29, 1.82) is 0 Å². The first kappa shape index (κ1) is 20.7. The number of hydrogen-bond donors (Lipinski definition) is 0. The summed E-state index contributed by atoms with van der Waals surface area (Å²) in [4.78, 5) is 17.5. The van der Waals surface area contributed by atoms with Crippen LogP contribution >= 0.6 is 22.9 Å². The minimum absolute atomic E-state index is 0.0394. The standard InChI is InChI=1S/C23H25ClN4OS/c1-5-22(29)27-12-18(17-11-21(24)30-20(17)14-27)15-9-7-8-10-16(15)19-13-28(6-2)25-23(19)26(3)4/h5,7-11,13,18H,1,6,12,14H2,2-4H3. The molecule has 156 valence electrons. The molecule has 0 bridgehead atoms. The molecule has 2 aromatic heterocycles. The first-order chi connectivity index (χ1) is 14.4. The third-order valence-electron chi connectivity index (χ3n) is 5.53. The molecule has 1 amide bonds. The van der Waals surface area contributed by atoms with Crippen LogP contribution in [-0.2, 0) is 17.9 Å². The van der Waals surface area contributed by atoms with Gasteiger partial charge >= 0.3 is 0 Å². The lowest BCUT2D eigenvalue weighted by molar-refractivity contribution is -0.127. The van der Waals surface area contributed by atoms with Gasteiger partial charge in [0.2, 0.25) is 5.91 Å². The van der Waals surface area contributed by atoms with E-state index in [0.29, 0.717) is 13.1 Å². The second kappa shape index (κ2) is 8.28. The average Bonchev–Trinajstić information content (AvgIpc) is 3.35. The number of anilines is 1. The molecular weight excluding hydrogens is 416 g/mol. The van der Waals surface area contributed by atoms with Crippen LogP contribution in [-0.4, -0.2) is 41.2 Å². The fraction of sp³-hybridized carbons (Fsp3) is 0.304. The molecule has 1 aromatic carbocycles. The lowest BCUT2D eigenvalue weighted by atomic mass is 9.84. The number of carbonyl (C=O) groups excluding carboxylic acids is 1. The van der Waals surface area contributed by atoms with E-state index in [9.17, 15) is 4.79 Å². The van der Waals surface area contributed by atoms with Crippen molar-refractivity contribution >= 4 is 34.7 Å². The predicted molar refractivity (Wildman–Crippen MR) is 124 cm³/mol. The zero-order chi connectivity index (χ0) is 21.4. The van der Waals surface area contributed by atoms with Gasteiger partial charge in [-0.2, -0.15) is 5.10 Å². The van der Waals surface area contributed by atoms with Crippen molar-refractivity contribution in [1.82, 2.24) is 14.7 Å². The van der Waals surface area contributed by atoms with Crippen LogP contribution in [0.3, 0.4) is 0 Å². The van der Waals surface area contributed by atoms with Crippen LogP contribution in [0.25, 0.3) is 11.1 Å². The first-order valence-electron chi connectivity index (χ1n) is 9.96. The minimum atomic E-state index is -0.0552. The van der Waals surface area contributed by atoms with E-state index in [-0.39, 0.29) is 11.8 Å². The molecule has 0 aliphatic carbocycles. The number of carbonyl (C=O) groups is 1. The van der Waals surface area contributed by atoms with Crippen LogP contribution in [0.5, 0.6) is 0 Å². The van der Waals surface area contributed by atoms with Crippen LogP contribution in [0.2, 0.25) is 4.34 Å². The Morgan fingerprint density at radius 1 is 1.33 bits per heavy atom. The van der Waals surface area contributed by atoms with E-state index in [1.165, 1.54) is 17.2 Å². The van der Waals surface area contributed by atoms with Gasteiger partial charge in [0.15, 0.2) is 5.82 Å². The maximum atomic E-state index is 12.5. The Morgan fingerprint density at radius 2 is 2.10 bits per heavy atom. The zero-order valence-electron chi connectivity index (χ0n) is 17.4. The van der Waals surface area contributed by atoms with Crippen molar-refractivity contribution in [2.75, 3.05) is 25.5 Å². The number of fused-ring (bicyclic) bond motifs is 1. The molecule has 0 spiro atoms. The maximum Gasteiger partial charge on any atom is 0.246 e. The molecule has 0 fully saturated rings. The summed E-state index contributed by atoms with van der Waals surface area (Å²) in [5.74, 6) is 0.917. The van der Waals surface area contributed by atoms with Gasteiger partial charge in [-0.1, -0.05) is 42.4 Å². The van der Waals surface area contributed by atoms with Gasteiger partial charge in [-0.3, -0.25) is 9.48 Å². The molecule has 1 aliphatic rings. The van der Waals surface area contributed by atoms with Gasteiger partial charge in [-0.05, 0) is 35.8 Å². The molecule has 1 atom stereocenters. The molecule has 0 saturated carbocycles. The fourth-order valence-electron chi connectivity index (χ4n) is 4.09. The molecule has 3 aromatic rings. The van der Waals surface area contributed by atoms with Gasteiger partial charge in [0, 0.05) is 49.7 Å². The normalized spacial score (nSPS) is 15.7. The van der Waals surface area contributed by atoms with Crippen LogP contribution in [0.4, 0.5) is 5.82 Å². The Bertz CT molecular complexity index is 1100. The maximum absolute atomic E-state index is 12.5. The van der Waals surface area contributed by atoms with Gasteiger partial charge in [0.1, 0.15) is 0 Å². The molecule has 3 heterocycles. The number of nitrogens with zero attached hydrogens (tertiary/aromatic N) is 4. The second-order valence-electron chi connectivity index (χ2n) is 7.61. The number of benzene rings is 1. The topological polar surface area (TPSA) is 41.4 Å². The van der Waals surface area contributed by atoms with Crippen molar-refractivity contribution in [3.63, 3.8) is 0 Å². The van der Waals surface area contributed by atoms with Gasteiger partial charge in [-0.25, -0.2) is 0 Å². The molecule has 0 N–H and O–H groups in total. The van der Waals surface area contributed by atoms with E-state index in [4.69, 9.17) is 16.7 Å². The summed E-state index contributed by atoms with van der Waals surface area (Å²) in [6.45, 7) is 7.74. The highest BCUT2D eigenvalue weighted by Crippen LogP contribution is 2.44. The largest absolute Gasteiger partial charge is 0.361 e. The van der Waals surface area contributed by atoms with Gasteiger partial charge in [0.05, 0.1) is 10.9 Å². The lowest BCUT2D eigenvalue weighted by Gasteiger charge is -2.33. The molecule has 4 rings (SSSR count). The van der Waals surface area contributed by atoms with Gasteiger partial charge < -0.3 is 9.80 Å². The summed E-state index contributed by atoms with van der Waals surface area (Å²) in [7, 11) is 4.02. The van der Waals surface area contributed by atoms with Crippen LogP contribution in [0.15, 0.2) is 49.2 Å². The minimum Gasteiger partial charge on any atom is -0.361 e. The molecule has 0 radical (unpaired) electrons. The summed E-state index contributed by atoms with van der Waals surface area (Å²) in [6.07, 6.45) is 3.49. The third kappa shape index (κ3) is 3.66. The highest BCUT2D eigenvalue weighted by atomic mass is 35.5. The van der Waals surface area contributed by atoms with Gasteiger partial charge in [0.25, 0.3) is 0 Å². The molecule has 7 heteroatoms. The number of halogens is 1. The van der Waals surface area contributed by atoms with E-state index < -0.39 is 0 Å². The Labute approximate surface area is 186 Å². The average molecular weight is 441 g/mol. The van der Waals surface area contributed by atoms with Crippen molar-refractivity contribution in [3.05, 3.63) is 69.5 Å². The summed E-state index contributed by atoms with van der Waals surface area (Å²) in [5.41, 5.74) is 4.60. The molecule has 5 nitrogen and oxygen atoms in total. The SMILES string of the molecule is C=CC(=O)N1Cc2sc(Cl)cc2C(c2ccccc2-c2cn(CC)nc2N(C)C)C1. The first-order valence-corrected chi connectivity index (χ1v) is 11.2. The van der Waals surface area contributed by atoms with Crippen LogP contribution in [0.1, 0.15) is 28.8 Å². The van der Waals surface area contributed by atoms with E-state index in [2.05, 4.69) is 50.0 Å². The highest BCUT2D eigenvalue weighted by Gasteiger charge is 2.32. The van der Waals surface area contributed by atoms with E-state index in [1.54, 1.807) is 11.3 Å². The Hall–Kier alpha value is -2.57. The number of aromatic nitrogens is 2. The molecular formula is C23H25ClN4OS. The van der Waals surface area contributed by atoms with Crippen molar-refractivity contribution in [3.8, 4) is 11.1 Å². The molecule has 30 heavy (non-hydrogen) atoms. The van der Waals surface area contributed by atoms with Crippen molar-refractivity contribution in [2.24, 2.45) is 0 Å². The monoisotopic (exact) mass is 440 g/mol. The molecule has 1 unspecified atom stereocenters. The van der Waals surface area contributed by atoms with Crippen LogP contribution in [0, 0.1) is 0 Å². The highest BCUT2D eigenvalue weighted by molar-refractivity contribution is 7.16. The molecule has 1 aliphatic heterocycles. The van der Waals surface area contributed by atoms with Crippen molar-refractivity contribution < 1.29 is 4.79 Å². The fourth-order valence-corrected chi connectivity index (χ4v) is 5.44. The van der Waals surface area contributed by atoms with Gasteiger partial charge in [-0.15, -0.1) is 11.3 Å². The number of rotatable bonds is 5. The predicted octanol–water partition coefficient (Wildman–Crippen LogP) is 5.01. The molecule has 0 saturated heterocycles. The summed E-state index contributed by atoms with van der Waals surface area (Å²) in [5, 5.41) is 4.74.